The van der Waals surface area contributed by atoms with E-state index in [2.05, 4.69) is 20.9 Å². The maximum absolute atomic E-state index is 14.4. The van der Waals surface area contributed by atoms with E-state index < -0.39 is 5.41 Å². The Balaban J connectivity index is 1.50. The number of aromatic nitrogens is 1. The number of carbonyl (C=O) groups is 1. The Kier molecular flexibility index (Phi) is 4.94. The van der Waals surface area contributed by atoms with Gasteiger partial charge in [0.1, 0.15) is 0 Å². The fourth-order valence-electron chi connectivity index (χ4n) is 4.90. The highest BCUT2D eigenvalue weighted by Gasteiger charge is 2.51. The Morgan fingerprint density at radius 3 is 2.73 bits per heavy atom. The second-order valence-electron chi connectivity index (χ2n) is 7.98. The van der Waals surface area contributed by atoms with Gasteiger partial charge in [-0.15, -0.1) is 0 Å². The first-order chi connectivity index (χ1) is 12.5. The van der Waals surface area contributed by atoms with Crippen LogP contribution in [0.5, 0.6) is 0 Å². The number of rotatable bonds is 2. The van der Waals surface area contributed by atoms with Gasteiger partial charge in [0.25, 0.3) is 0 Å². The minimum atomic E-state index is -0.407. The van der Waals surface area contributed by atoms with Crippen LogP contribution in [-0.2, 0) is 4.79 Å². The quantitative estimate of drug-likeness (QED) is 0.790. The molecule has 3 fully saturated rings. The van der Waals surface area contributed by atoms with E-state index >= 15 is 0 Å². The van der Waals surface area contributed by atoms with Gasteiger partial charge in [-0.05, 0) is 66.9 Å². The van der Waals surface area contributed by atoms with Crippen molar-refractivity contribution in [2.75, 3.05) is 24.5 Å². The summed E-state index contributed by atoms with van der Waals surface area (Å²) < 4.78 is 15.0. The summed E-state index contributed by atoms with van der Waals surface area (Å²) in [6.45, 7) is 2.06. The van der Waals surface area contributed by atoms with Crippen LogP contribution in [0, 0.1) is 11.2 Å². The molecule has 1 saturated carbocycles. The van der Waals surface area contributed by atoms with Crippen LogP contribution >= 0.6 is 15.9 Å². The van der Waals surface area contributed by atoms with Crippen LogP contribution in [0.4, 0.5) is 10.2 Å². The Labute approximate surface area is 161 Å². The van der Waals surface area contributed by atoms with Gasteiger partial charge in [-0.2, -0.15) is 0 Å². The highest BCUT2D eigenvalue weighted by Crippen LogP contribution is 2.43. The molecule has 0 unspecified atom stereocenters. The number of aliphatic hydroxyl groups excluding tert-OH is 1. The molecule has 1 amide bonds. The van der Waals surface area contributed by atoms with Crippen LogP contribution in [0.25, 0.3) is 0 Å². The molecule has 5 nitrogen and oxygen atoms in total. The van der Waals surface area contributed by atoms with Gasteiger partial charge in [0.2, 0.25) is 5.91 Å². The number of aliphatic hydroxyl groups is 1. The van der Waals surface area contributed by atoms with Crippen molar-refractivity contribution in [3.63, 3.8) is 0 Å². The molecule has 26 heavy (non-hydrogen) atoms. The minimum absolute atomic E-state index is 0.213. The fourth-order valence-corrected chi connectivity index (χ4v) is 5.20. The van der Waals surface area contributed by atoms with Crippen molar-refractivity contribution in [1.29, 1.82) is 0 Å². The van der Waals surface area contributed by atoms with E-state index in [0.29, 0.717) is 16.8 Å². The van der Waals surface area contributed by atoms with Crippen molar-refractivity contribution in [2.45, 2.75) is 57.1 Å². The summed E-state index contributed by atoms with van der Waals surface area (Å²) in [5.74, 6) is 0.223. The zero-order valence-corrected chi connectivity index (χ0v) is 16.4. The standard InChI is InChI=1S/C19H25BrFN3O2/c20-13-10-16(21)17(22-11-13)23-8-1-6-19(12-23)7-9-24(18(19)26)14-2-4-15(25)5-3-14/h10-11,14-15,25H,1-9,12H2/t14-,15+,19-/m1/s1. The third kappa shape index (κ3) is 3.24. The van der Waals surface area contributed by atoms with Crippen LogP contribution in [0.15, 0.2) is 16.7 Å². The lowest BCUT2D eigenvalue weighted by atomic mass is 9.78. The van der Waals surface area contributed by atoms with Gasteiger partial charge in [0.05, 0.1) is 11.5 Å². The van der Waals surface area contributed by atoms with Gasteiger partial charge in [0, 0.05) is 36.3 Å². The first kappa shape index (κ1) is 18.2. The van der Waals surface area contributed by atoms with Crippen LogP contribution in [0.2, 0.25) is 0 Å². The normalized spacial score (nSPS) is 32.5. The number of likely N-dealkylation sites (tertiary alicyclic amines) is 1. The Bertz CT molecular complexity index is 695. The minimum Gasteiger partial charge on any atom is -0.393 e. The third-order valence-electron chi connectivity index (χ3n) is 6.32. The molecule has 1 spiro atoms. The van der Waals surface area contributed by atoms with Crippen molar-refractivity contribution in [3.8, 4) is 0 Å². The van der Waals surface area contributed by atoms with Gasteiger partial charge in [-0.1, -0.05) is 0 Å². The van der Waals surface area contributed by atoms with Crippen molar-refractivity contribution in [3.05, 3.63) is 22.6 Å². The maximum Gasteiger partial charge on any atom is 0.230 e. The van der Waals surface area contributed by atoms with Crippen LogP contribution in [0.3, 0.4) is 0 Å². The van der Waals surface area contributed by atoms with E-state index in [1.165, 1.54) is 6.07 Å². The molecular formula is C19H25BrFN3O2. The molecule has 4 rings (SSSR count). The fraction of sp³-hybridized carbons (Fsp3) is 0.684. The van der Waals surface area contributed by atoms with E-state index in [4.69, 9.17) is 0 Å². The van der Waals surface area contributed by atoms with Crippen molar-refractivity contribution < 1.29 is 14.3 Å². The molecule has 1 aromatic heterocycles. The maximum atomic E-state index is 14.4. The summed E-state index contributed by atoms with van der Waals surface area (Å²) in [6, 6.07) is 1.68. The zero-order chi connectivity index (χ0) is 18.3. The molecule has 2 saturated heterocycles. The number of piperidine rings is 1. The largest absolute Gasteiger partial charge is 0.393 e. The molecule has 3 heterocycles. The SMILES string of the molecule is O=C1N([C@H]2CC[C@@H](O)CC2)CC[C@@]12CCCN(c1ncc(Br)cc1F)C2. The summed E-state index contributed by atoms with van der Waals surface area (Å²) in [4.78, 5) is 21.5. The molecule has 1 aromatic rings. The molecule has 0 radical (unpaired) electrons. The molecule has 0 bridgehead atoms. The van der Waals surface area contributed by atoms with Crippen molar-refractivity contribution in [1.82, 2.24) is 9.88 Å². The Morgan fingerprint density at radius 1 is 1.23 bits per heavy atom. The first-order valence-corrected chi connectivity index (χ1v) is 10.3. The molecule has 0 aromatic carbocycles. The summed E-state index contributed by atoms with van der Waals surface area (Å²) in [7, 11) is 0. The number of carbonyl (C=O) groups excluding carboxylic acids is 1. The smallest absolute Gasteiger partial charge is 0.230 e. The highest BCUT2D eigenvalue weighted by atomic mass is 79.9. The number of hydrogen-bond acceptors (Lipinski definition) is 4. The topological polar surface area (TPSA) is 56.7 Å². The second-order valence-corrected chi connectivity index (χ2v) is 8.89. The lowest BCUT2D eigenvalue weighted by Crippen LogP contribution is -2.50. The average molecular weight is 426 g/mol. The summed E-state index contributed by atoms with van der Waals surface area (Å²) in [6.07, 6.45) is 7.30. The number of pyridine rings is 1. The average Bonchev–Trinajstić information content (AvgIpc) is 2.92. The van der Waals surface area contributed by atoms with Crippen molar-refractivity contribution in [2.24, 2.45) is 5.41 Å². The van der Waals surface area contributed by atoms with Gasteiger partial charge < -0.3 is 14.9 Å². The Morgan fingerprint density at radius 2 is 2.00 bits per heavy atom. The molecule has 142 valence electrons. The van der Waals surface area contributed by atoms with E-state index in [1.54, 1.807) is 6.20 Å². The number of nitrogens with zero attached hydrogens (tertiary/aromatic N) is 3. The number of hydrogen-bond donors (Lipinski definition) is 1. The second kappa shape index (κ2) is 7.08. The van der Waals surface area contributed by atoms with Gasteiger partial charge in [-0.3, -0.25) is 4.79 Å². The number of amides is 1. The predicted molar refractivity (Wildman–Crippen MR) is 100 cm³/mol. The molecular weight excluding hydrogens is 401 g/mol. The predicted octanol–water partition coefficient (Wildman–Crippen LogP) is 3.11. The highest BCUT2D eigenvalue weighted by molar-refractivity contribution is 9.10. The third-order valence-corrected chi connectivity index (χ3v) is 6.75. The lowest BCUT2D eigenvalue weighted by molar-refractivity contribution is -0.139. The van der Waals surface area contributed by atoms with Crippen LogP contribution in [-0.4, -0.2) is 52.7 Å². The molecule has 2 aliphatic heterocycles. The van der Waals surface area contributed by atoms with E-state index in [1.807, 2.05) is 9.80 Å². The zero-order valence-electron chi connectivity index (χ0n) is 14.8. The van der Waals surface area contributed by atoms with Gasteiger partial charge in [0.15, 0.2) is 11.6 Å². The summed E-state index contributed by atoms with van der Waals surface area (Å²) in [5.41, 5.74) is -0.407. The monoisotopic (exact) mass is 425 g/mol. The molecule has 1 aliphatic carbocycles. The van der Waals surface area contributed by atoms with E-state index in [-0.39, 0.29) is 23.9 Å². The van der Waals surface area contributed by atoms with E-state index in [9.17, 15) is 14.3 Å². The van der Waals surface area contributed by atoms with Crippen LogP contribution in [0.1, 0.15) is 44.9 Å². The number of anilines is 1. The first-order valence-electron chi connectivity index (χ1n) is 9.54. The summed E-state index contributed by atoms with van der Waals surface area (Å²) in [5, 5.41) is 9.73. The number of halogens is 2. The van der Waals surface area contributed by atoms with E-state index in [0.717, 1.165) is 58.0 Å². The molecule has 3 aliphatic rings. The molecule has 1 atom stereocenters. The lowest BCUT2D eigenvalue weighted by Gasteiger charge is -2.41. The molecule has 1 N–H and O–H groups in total. The Hall–Kier alpha value is -1.21. The van der Waals surface area contributed by atoms with Crippen molar-refractivity contribution >= 4 is 27.7 Å². The van der Waals surface area contributed by atoms with Crippen LogP contribution < -0.4 is 4.90 Å². The van der Waals surface area contributed by atoms with Gasteiger partial charge in [-0.25, -0.2) is 9.37 Å². The van der Waals surface area contributed by atoms with Gasteiger partial charge >= 0.3 is 0 Å². The summed E-state index contributed by atoms with van der Waals surface area (Å²) >= 11 is 3.25. The molecule has 7 heteroatoms.